The van der Waals surface area contributed by atoms with Crippen molar-refractivity contribution in [1.82, 2.24) is 14.2 Å². The lowest BCUT2D eigenvalue weighted by Crippen LogP contribution is -2.44. The molecule has 0 bridgehead atoms. The van der Waals surface area contributed by atoms with E-state index < -0.39 is 10.0 Å². The van der Waals surface area contributed by atoms with E-state index in [1.165, 1.54) is 4.31 Å². The fourth-order valence-corrected chi connectivity index (χ4v) is 4.63. The van der Waals surface area contributed by atoms with Crippen LogP contribution in [0, 0.1) is 6.92 Å². The minimum absolute atomic E-state index is 0.0819. The lowest BCUT2D eigenvalue weighted by atomic mass is 10.1. The van der Waals surface area contributed by atoms with Crippen LogP contribution in [0.15, 0.2) is 18.2 Å². The number of aromatic nitrogens is 1. The molecule has 0 saturated carbocycles. The number of imide groups is 1. The highest BCUT2D eigenvalue weighted by atomic mass is 32.2. The minimum atomic E-state index is -3.55. The van der Waals surface area contributed by atoms with Gasteiger partial charge in [-0.25, -0.2) is 13.4 Å². The molecule has 8 nitrogen and oxygen atoms in total. The maximum Gasteiger partial charge on any atom is 0.229 e. The zero-order valence-corrected chi connectivity index (χ0v) is 15.6. The molecule has 0 spiro atoms. The Morgan fingerprint density at radius 3 is 2.65 bits per heavy atom. The van der Waals surface area contributed by atoms with Crippen LogP contribution in [-0.4, -0.2) is 65.9 Å². The van der Waals surface area contributed by atoms with E-state index >= 15 is 0 Å². The summed E-state index contributed by atoms with van der Waals surface area (Å²) in [6, 6.07) is 5.45. The lowest BCUT2D eigenvalue weighted by Gasteiger charge is -2.25. The molecule has 2 aliphatic rings. The average molecular weight is 381 g/mol. The van der Waals surface area contributed by atoms with Gasteiger partial charge in [0.2, 0.25) is 27.7 Å². The zero-order chi connectivity index (χ0) is 18.7. The molecule has 26 heavy (non-hydrogen) atoms. The molecule has 1 aromatic heterocycles. The molecule has 2 amide bonds. The van der Waals surface area contributed by atoms with Crippen molar-refractivity contribution in [3.63, 3.8) is 0 Å². The number of hydrogen-bond donors (Lipinski definition) is 0. The van der Waals surface area contributed by atoms with Crippen molar-refractivity contribution in [3.05, 3.63) is 23.9 Å². The van der Waals surface area contributed by atoms with E-state index in [4.69, 9.17) is 4.74 Å². The van der Waals surface area contributed by atoms with Crippen LogP contribution in [0.1, 0.15) is 31.4 Å². The van der Waals surface area contributed by atoms with Crippen LogP contribution >= 0.6 is 0 Å². The van der Waals surface area contributed by atoms with Gasteiger partial charge in [-0.3, -0.25) is 14.5 Å². The summed E-state index contributed by atoms with van der Waals surface area (Å²) in [5, 5.41) is 0. The van der Waals surface area contributed by atoms with Crippen LogP contribution in [0.25, 0.3) is 0 Å². The molecule has 2 fully saturated rings. The predicted octanol–water partition coefficient (Wildman–Crippen LogP) is 0.712. The Morgan fingerprint density at radius 2 is 1.96 bits per heavy atom. The SMILES string of the molecule is Cc1cccc(OC2CCN(S(=O)(=O)CCN3C(=O)CCCC3=O)C2)n1. The Morgan fingerprint density at radius 1 is 1.23 bits per heavy atom. The molecule has 1 unspecified atom stereocenters. The van der Waals surface area contributed by atoms with Crippen LogP contribution in [-0.2, 0) is 19.6 Å². The number of carbonyl (C=O) groups excluding carboxylic acids is 2. The van der Waals surface area contributed by atoms with Gasteiger partial charge >= 0.3 is 0 Å². The van der Waals surface area contributed by atoms with Gasteiger partial charge in [0.05, 0.1) is 12.3 Å². The van der Waals surface area contributed by atoms with E-state index in [-0.39, 0.29) is 36.8 Å². The average Bonchev–Trinajstić information content (AvgIpc) is 3.04. The van der Waals surface area contributed by atoms with Crippen LogP contribution in [0.4, 0.5) is 0 Å². The van der Waals surface area contributed by atoms with Gasteiger partial charge in [0.1, 0.15) is 6.10 Å². The first kappa shape index (κ1) is 18.8. The number of amides is 2. The number of nitrogens with zero attached hydrogens (tertiary/aromatic N) is 3. The molecule has 2 aliphatic heterocycles. The van der Waals surface area contributed by atoms with E-state index in [0.29, 0.717) is 38.1 Å². The molecule has 1 atom stereocenters. The second-order valence-corrected chi connectivity index (χ2v) is 8.70. The van der Waals surface area contributed by atoms with Crippen molar-refractivity contribution >= 4 is 21.8 Å². The molecule has 142 valence electrons. The topological polar surface area (TPSA) is 96.9 Å². The first-order valence-corrected chi connectivity index (χ1v) is 10.4. The number of hydrogen-bond acceptors (Lipinski definition) is 6. The Bertz CT molecular complexity index is 779. The van der Waals surface area contributed by atoms with Crippen molar-refractivity contribution < 1.29 is 22.7 Å². The summed E-state index contributed by atoms with van der Waals surface area (Å²) in [5.74, 6) is -0.340. The molecular weight excluding hydrogens is 358 g/mol. The van der Waals surface area contributed by atoms with Crippen LogP contribution in [0.5, 0.6) is 5.88 Å². The highest BCUT2D eigenvalue weighted by Crippen LogP contribution is 2.20. The van der Waals surface area contributed by atoms with Gasteiger partial charge in [-0.05, 0) is 25.8 Å². The number of likely N-dealkylation sites (tertiary alicyclic amines) is 1. The van der Waals surface area contributed by atoms with Crippen molar-refractivity contribution in [2.24, 2.45) is 0 Å². The first-order valence-electron chi connectivity index (χ1n) is 8.76. The number of ether oxygens (including phenoxy) is 1. The standard InChI is InChI=1S/C17H23N3O5S/c1-13-4-2-5-15(18-13)25-14-8-9-19(12-14)26(23,24)11-10-20-16(21)6-3-7-17(20)22/h2,4-5,14H,3,6-12H2,1H3. The Balaban J connectivity index is 1.55. The number of sulfonamides is 1. The summed E-state index contributed by atoms with van der Waals surface area (Å²) in [6.07, 6.45) is 1.47. The van der Waals surface area contributed by atoms with Gasteiger partial charge in [0, 0.05) is 37.7 Å². The number of piperidine rings is 1. The van der Waals surface area contributed by atoms with Crippen molar-refractivity contribution in [2.75, 3.05) is 25.4 Å². The quantitative estimate of drug-likeness (QED) is 0.674. The monoisotopic (exact) mass is 381 g/mol. The van der Waals surface area contributed by atoms with Gasteiger partial charge in [-0.15, -0.1) is 0 Å². The number of pyridine rings is 1. The Labute approximate surface area is 153 Å². The third-order valence-electron chi connectivity index (χ3n) is 4.61. The van der Waals surface area contributed by atoms with E-state index in [1.807, 2.05) is 19.1 Å². The van der Waals surface area contributed by atoms with Gasteiger partial charge in [-0.1, -0.05) is 6.07 Å². The molecule has 3 rings (SSSR count). The lowest BCUT2D eigenvalue weighted by molar-refractivity contribution is -0.147. The van der Waals surface area contributed by atoms with Crippen LogP contribution in [0.2, 0.25) is 0 Å². The third kappa shape index (κ3) is 4.39. The molecule has 0 N–H and O–H groups in total. The van der Waals surface area contributed by atoms with E-state index in [1.54, 1.807) is 6.07 Å². The van der Waals surface area contributed by atoms with E-state index in [0.717, 1.165) is 10.6 Å². The van der Waals surface area contributed by atoms with Gasteiger partial charge in [0.25, 0.3) is 0 Å². The summed E-state index contributed by atoms with van der Waals surface area (Å²) in [5.41, 5.74) is 0.834. The minimum Gasteiger partial charge on any atom is -0.473 e. The van der Waals surface area contributed by atoms with Gasteiger partial charge in [0.15, 0.2) is 0 Å². The molecular formula is C17H23N3O5S. The van der Waals surface area contributed by atoms with Crippen molar-refractivity contribution in [2.45, 2.75) is 38.7 Å². The summed E-state index contributed by atoms with van der Waals surface area (Å²) in [6.45, 7) is 2.39. The summed E-state index contributed by atoms with van der Waals surface area (Å²) < 4.78 is 32.2. The Hall–Kier alpha value is -2.00. The highest BCUT2D eigenvalue weighted by Gasteiger charge is 2.34. The summed E-state index contributed by atoms with van der Waals surface area (Å²) >= 11 is 0. The predicted molar refractivity (Wildman–Crippen MR) is 93.9 cm³/mol. The third-order valence-corrected chi connectivity index (χ3v) is 6.42. The highest BCUT2D eigenvalue weighted by molar-refractivity contribution is 7.89. The normalized spacial score (nSPS) is 22.0. The van der Waals surface area contributed by atoms with Crippen molar-refractivity contribution in [3.8, 4) is 5.88 Å². The first-order chi connectivity index (χ1) is 12.3. The molecule has 0 aliphatic carbocycles. The maximum atomic E-state index is 12.5. The van der Waals surface area contributed by atoms with Crippen LogP contribution in [0.3, 0.4) is 0 Å². The largest absolute Gasteiger partial charge is 0.473 e. The number of carbonyl (C=O) groups is 2. The molecule has 9 heteroatoms. The molecule has 1 aromatic rings. The zero-order valence-electron chi connectivity index (χ0n) is 14.8. The summed E-state index contributed by atoms with van der Waals surface area (Å²) in [4.78, 5) is 28.9. The van der Waals surface area contributed by atoms with Gasteiger partial charge < -0.3 is 4.74 Å². The second kappa shape index (κ2) is 7.71. The fraction of sp³-hybridized carbons (Fsp3) is 0.588. The smallest absolute Gasteiger partial charge is 0.229 e. The number of aryl methyl sites for hydroxylation is 1. The fourth-order valence-electron chi connectivity index (χ4n) is 3.19. The number of rotatable bonds is 6. The van der Waals surface area contributed by atoms with E-state index in [9.17, 15) is 18.0 Å². The van der Waals surface area contributed by atoms with Crippen LogP contribution < -0.4 is 4.74 Å². The molecule has 0 aromatic carbocycles. The molecule has 3 heterocycles. The Kier molecular flexibility index (Phi) is 5.57. The summed E-state index contributed by atoms with van der Waals surface area (Å²) in [7, 11) is -3.55. The van der Waals surface area contributed by atoms with E-state index in [2.05, 4.69) is 4.98 Å². The molecule has 0 radical (unpaired) electrons. The molecule has 2 saturated heterocycles. The second-order valence-electron chi connectivity index (χ2n) is 6.61. The maximum absolute atomic E-state index is 12.5. The van der Waals surface area contributed by atoms with Gasteiger partial charge in [-0.2, -0.15) is 4.31 Å². The van der Waals surface area contributed by atoms with Crippen molar-refractivity contribution in [1.29, 1.82) is 0 Å².